The van der Waals surface area contributed by atoms with Gasteiger partial charge in [-0.3, -0.25) is 13.9 Å². The Bertz CT molecular complexity index is 657. The van der Waals surface area contributed by atoms with Crippen LogP contribution in [0.4, 0.5) is 0 Å². The first-order valence-corrected chi connectivity index (χ1v) is 4.61. The van der Waals surface area contributed by atoms with Crippen molar-refractivity contribution in [1.82, 2.24) is 14.1 Å². The summed E-state index contributed by atoms with van der Waals surface area (Å²) in [5.74, 6) is 0. The van der Waals surface area contributed by atoms with Crippen LogP contribution in [0.1, 0.15) is 0 Å². The number of hydrogen-bond donors (Lipinski definition) is 0. The molecule has 78 valence electrons. The topological polar surface area (TPSA) is 56.9 Å². The average Bonchev–Trinajstić information content (AvgIpc) is 2.23. The number of nitrogens with zero attached hydrogens (tertiary/aromatic N) is 3. The molecule has 0 spiro atoms. The average molecular weight is 226 g/mol. The number of hydrogen-bond acceptors (Lipinski definition) is 3. The maximum absolute atomic E-state index is 11.7. The van der Waals surface area contributed by atoms with Gasteiger partial charge in [-0.2, -0.15) is 0 Å². The van der Waals surface area contributed by atoms with Crippen molar-refractivity contribution in [1.29, 1.82) is 0 Å². The predicted octanol–water partition coefficient (Wildman–Crippen LogP) is 0.286. The molecule has 0 fully saturated rings. The largest absolute Gasteiger partial charge is 0.330 e. The lowest BCUT2D eigenvalue weighted by Gasteiger charge is -2.06. The molecule has 0 amide bonds. The summed E-state index contributed by atoms with van der Waals surface area (Å²) < 4.78 is 2.40. The second kappa shape index (κ2) is 3.20. The van der Waals surface area contributed by atoms with Gasteiger partial charge in [0, 0.05) is 26.4 Å². The zero-order valence-electron chi connectivity index (χ0n) is 8.19. The summed E-state index contributed by atoms with van der Waals surface area (Å²) in [5.41, 5.74) is -0.255. The number of aromatic nitrogens is 3. The quantitative estimate of drug-likeness (QED) is 0.606. The molecule has 6 heteroatoms. The zero-order chi connectivity index (χ0) is 11.2. The molecule has 2 aromatic heterocycles. The van der Waals surface area contributed by atoms with E-state index in [-0.39, 0.29) is 16.4 Å². The van der Waals surface area contributed by atoms with Gasteiger partial charge in [0.1, 0.15) is 5.15 Å². The van der Waals surface area contributed by atoms with Crippen molar-refractivity contribution < 1.29 is 0 Å². The second-order valence-corrected chi connectivity index (χ2v) is 3.62. The Hall–Kier alpha value is -1.62. The molecule has 0 N–H and O–H groups in total. The smallest absolute Gasteiger partial charge is 0.296 e. The number of halogens is 1. The van der Waals surface area contributed by atoms with Gasteiger partial charge in [-0.1, -0.05) is 11.6 Å². The summed E-state index contributed by atoms with van der Waals surface area (Å²) in [6.45, 7) is 0. The van der Waals surface area contributed by atoms with Crippen molar-refractivity contribution in [3.8, 4) is 0 Å². The zero-order valence-corrected chi connectivity index (χ0v) is 8.95. The van der Waals surface area contributed by atoms with E-state index in [2.05, 4.69) is 4.98 Å². The molecule has 2 heterocycles. The first kappa shape index (κ1) is 9.92. The van der Waals surface area contributed by atoms with Gasteiger partial charge in [-0.15, -0.1) is 0 Å². The number of aryl methyl sites for hydroxylation is 1. The number of rotatable bonds is 0. The first-order chi connectivity index (χ1) is 7.02. The fourth-order valence-electron chi connectivity index (χ4n) is 1.46. The Morgan fingerprint density at radius 2 is 1.93 bits per heavy atom. The lowest BCUT2D eigenvalue weighted by atomic mass is 10.3. The summed E-state index contributed by atoms with van der Waals surface area (Å²) >= 11 is 5.70. The van der Waals surface area contributed by atoms with Crippen LogP contribution >= 0.6 is 11.6 Å². The fourth-order valence-corrected chi connectivity index (χ4v) is 1.61. The Balaban J connectivity index is 3.15. The van der Waals surface area contributed by atoms with Gasteiger partial charge in [-0.05, 0) is 0 Å². The molecule has 0 saturated heterocycles. The van der Waals surface area contributed by atoms with Crippen LogP contribution in [0.3, 0.4) is 0 Å². The van der Waals surface area contributed by atoms with E-state index < -0.39 is 0 Å². The normalized spacial score (nSPS) is 10.9. The van der Waals surface area contributed by atoms with E-state index in [1.165, 1.54) is 23.9 Å². The van der Waals surface area contributed by atoms with E-state index in [0.29, 0.717) is 10.9 Å². The minimum Gasteiger partial charge on any atom is -0.296 e. The maximum Gasteiger partial charge on any atom is 0.330 e. The first-order valence-electron chi connectivity index (χ1n) is 4.23. The Labute approximate surface area is 89.5 Å². The van der Waals surface area contributed by atoms with Crippen molar-refractivity contribution in [2.24, 2.45) is 14.1 Å². The monoisotopic (exact) mass is 225 g/mol. The van der Waals surface area contributed by atoms with Crippen LogP contribution < -0.4 is 11.2 Å². The molecular formula is C9H8ClN3O2. The van der Waals surface area contributed by atoms with E-state index in [0.717, 1.165) is 4.57 Å². The molecule has 0 aromatic carbocycles. The molecule has 0 saturated carbocycles. The van der Waals surface area contributed by atoms with Crippen molar-refractivity contribution in [3.63, 3.8) is 0 Å². The van der Waals surface area contributed by atoms with Gasteiger partial charge < -0.3 is 0 Å². The van der Waals surface area contributed by atoms with E-state index in [1.54, 1.807) is 7.05 Å². The molecule has 15 heavy (non-hydrogen) atoms. The van der Waals surface area contributed by atoms with E-state index >= 15 is 0 Å². The summed E-state index contributed by atoms with van der Waals surface area (Å²) in [7, 11) is 3.01. The summed E-state index contributed by atoms with van der Waals surface area (Å²) in [4.78, 5) is 27.1. The third kappa shape index (κ3) is 1.35. The van der Waals surface area contributed by atoms with Gasteiger partial charge in [-0.25, -0.2) is 9.78 Å². The van der Waals surface area contributed by atoms with Crippen LogP contribution in [-0.2, 0) is 14.1 Å². The highest BCUT2D eigenvalue weighted by Crippen LogP contribution is 2.11. The van der Waals surface area contributed by atoms with E-state index in [1.807, 2.05) is 0 Å². The van der Waals surface area contributed by atoms with Gasteiger partial charge in [0.25, 0.3) is 5.56 Å². The molecule has 0 aliphatic heterocycles. The van der Waals surface area contributed by atoms with Crippen molar-refractivity contribution in [2.45, 2.75) is 0 Å². The predicted molar refractivity (Wildman–Crippen MR) is 57.2 cm³/mol. The molecule has 2 rings (SSSR count). The maximum atomic E-state index is 11.7. The van der Waals surface area contributed by atoms with Gasteiger partial charge in [0.15, 0.2) is 0 Å². The number of pyridine rings is 1. The van der Waals surface area contributed by atoms with Gasteiger partial charge in [0.05, 0.1) is 10.9 Å². The highest BCUT2D eigenvalue weighted by molar-refractivity contribution is 6.29. The summed E-state index contributed by atoms with van der Waals surface area (Å²) in [5, 5.41) is 0.634. The fraction of sp³-hybridized carbons (Fsp3) is 0.222. The lowest BCUT2D eigenvalue weighted by molar-refractivity contribution is 0.713. The summed E-state index contributed by atoms with van der Waals surface area (Å²) in [6.07, 6.45) is 1.37. The van der Waals surface area contributed by atoms with Crippen molar-refractivity contribution >= 4 is 22.5 Å². The molecule has 0 unspecified atom stereocenters. The third-order valence-electron chi connectivity index (χ3n) is 2.32. The Morgan fingerprint density at radius 3 is 2.60 bits per heavy atom. The Kier molecular flexibility index (Phi) is 2.12. The minimum absolute atomic E-state index is 0.255. The van der Waals surface area contributed by atoms with Gasteiger partial charge in [0.2, 0.25) is 0 Å². The van der Waals surface area contributed by atoms with Crippen molar-refractivity contribution in [3.05, 3.63) is 38.3 Å². The lowest BCUT2D eigenvalue weighted by Crippen LogP contribution is -2.36. The van der Waals surface area contributed by atoms with Crippen LogP contribution in [0.15, 0.2) is 21.9 Å². The SMILES string of the molecule is Cn1c(=O)c2cnc(Cl)cc2n(C)c1=O. The van der Waals surface area contributed by atoms with Crippen LogP contribution in [0, 0.1) is 0 Å². The van der Waals surface area contributed by atoms with E-state index in [9.17, 15) is 9.59 Å². The molecule has 0 atom stereocenters. The van der Waals surface area contributed by atoms with Crippen LogP contribution in [0.5, 0.6) is 0 Å². The minimum atomic E-state index is -0.380. The van der Waals surface area contributed by atoms with Crippen LogP contribution in [0.25, 0.3) is 10.9 Å². The summed E-state index contributed by atoms with van der Waals surface area (Å²) in [6, 6.07) is 1.50. The number of fused-ring (bicyclic) bond motifs is 1. The van der Waals surface area contributed by atoms with Gasteiger partial charge >= 0.3 is 5.69 Å². The second-order valence-electron chi connectivity index (χ2n) is 3.23. The molecule has 2 aromatic rings. The third-order valence-corrected chi connectivity index (χ3v) is 2.53. The molecule has 0 bridgehead atoms. The molecule has 5 nitrogen and oxygen atoms in total. The Morgan fingerprint density at radius 1 is 1.27 bits per heavy atom. The van der Waals surface area contributed by atoms with Crippen molar-refractivity contribution in [2.75, 3.05) is 0 Å². The highest BCUT2D eigenvalue weighted by Gasteiger charge is 2.08. The van der Waals surface area contributed by atoms with E-state index in [4.69, 9.17) is 11.6 Å². The molecular weight excluding hydrogens is 218 g/mol. The molecule has 0 radical (unpaired) electrons. The molecule has 0 aliphatic carbocycles. The standard InChI is InChI=1S/C9H8ClN3O2/c1-12-6-3-7(10)11-4-5(6)8(14)13(2)9(12)15/h3-4H,1-2H3. The van der Waals surface area contributed by atoms with Crippen LogP contribution in [0.2, 0.25) is 5.15 Å². The molecule has 0 aliphatic rings. The highest BCUT2D eigenvalue weighted by atomic mass is 35.5. The van der Waals surface area contributed by atoms with Crippen LogP contribution in [-0.4, -0.2) is 14.1 Å².